The smallest absolute Gasteiger partial charge is 0.471 e. The number of carbonyl (C=O) groups excluding carboxylic acids is 2. The van der Waals surface area contributed by atoms with Gasteiger partial charge in [-0.1, -0.05) is 23.7 Å². The Morgan fingerprint density at radius 3 is 2.08 bits per heavy atom. The summed E-state index contributed by atoms with van der Waals surface area (Å²) in [5.41, 5.74) is -0.158. The first-order valence-corrected chi connectivity index (χ1v) is 7.29. The predicted octanol–water partition coefficient (Wildman–Crippen LogP) is 3.86. The molecule has 2 N–H and O–H groups in total. The third kappa shape index (κ3) is 5.68. The molecule has 0 aliphatic carbocycles. The molecule has 0 atom stereocenters. The van der Waals surface area contributed by atoms with Gasteiger partial charge in [-0.15, -0.1) is 0 Å². The largest absolute Gasteiger partial charge is 0.484 e. The molecule has 2 amide bonds. The summed E-state index contributed by atoms with van der Waals surface area (Å²) in [6.07, 6.45) is -5.03. The van der Waals surface area contributed by atoms with E-state index in [4.69, 9.17) is 16.3 Å². The lowest BCUT2D eigenvalue weighted by molar-refractivity contribution is -0.167. The third-order valence-corrected chi connectivity index (χ3v) is 3.14. The number of anilines is 2. The van der Waals surface area contributed by atoms with Gasteiger partial charge in [-0.3, -0.25) is 9.59 Å². The van der Waals surface area contributed by atoms with Crippen LogP contribution >= 0.6 is 11.6 Å². The van der Waals surface area contributed by atoms with Crippen LogP contribution in [0.25, 0.3) is 0 Å². The maximum absolute atomic E-state index is 12.3. The minimum atomic E-state index is -5.03. The van der Waals surface area contributed by atoms with E-state index in [0.29, 0.717) is 10.8 Å². The van der Waals surface area contributed by atoms with Crippen molar-refractivity contribution >= 4 is 34.8 Å². The maximum atomic E-state index is 12.3. The summed E-state index contributed by atoms with van der Waals surface area (Å²) in [6.45, 7) is -0.372. The zero-order chi connectivity index (χ0) is 18.4. The molecule has 25 heavy (non-hydrogen) atoms. The Hall–Kier alpha value is -2.74. The molecule has 0 aliphatic heterocycles. The zero-order valence-corrected chi connectivity index (χ0v) is 13.3. The molecule has 2 rings (SSSR count). The van der Waals surface area contributed by atoms with Crippen molar-refractivity contribution in [3.05, 3.63) is 53.6 Å². The monoisotopic (exact) mass is 372 g/mol. The number of halogens is 4. The standard InChI is InChI=1S/C16H12ClF3N2O3/c17-10-5-7-11(8-6-10)25-9-14(23)21-12-3-1-2-4-13(12)22-15(24)16(18,19)20/h1-8H,9H2,(H,21,23)(H,22,24). The van der Waals surface area contributed by atoms with E-state index in [2.05, 4.69) is 5.32 Å². The number of ether oxygens (including phenoxy) is 1. The van der Waals surface area contributed by atoms with Crippen molar-refractivity contribution in [2.75, 3.05) is 17.2 Å². The van der Waals surface area contributed by atoms with Gasteiger partial charge in [0.2, 0.25) is 0 Å². The highest BCUT2D eigenvalue weighted by atomic mass is 35.5. The normalized spacial score (nSPS) is 10.9. The fourth-order valence-electron chi connectivity index (χ4n) is 1.76. The highest BCUT2D eigenvalue weighted by molar-refractivity contribution is 6.30. The van der Waals surface area contributed by atoms with E-state index in [0.717, 1.165) is 0 Å². The maximum Gasteiger partial charge on any atom is 0.471 e. The number of amides is 2. The first-order valence-electron chi connectivity index (χ1n) is 6.91. The van der Waals surface area contributed by atoms with Crippen LogP contribution in [0.3, 0.4) is 0 Å². The Bertz CT molecular complexity index is 764. The molecule has 0 saturated heterocycles. The van der Waals surface area contributed by atoms with Gasteiger partial charge in [-0.2, -0.15) is 13.2 Å². The molecule has 0 fully saturated rings. The van der Waals surface area contributed by atoms with E-state index >= 15 is 0 Å². The average molecular weight is 373 g/mol. The van der Waals surface area contributed by atoms with E-state index in [-0.39, 0.29) is 18.0 Å². The number of nitrogens with one attached hydrogen (secondary N) is 2. The molecule has 2 aromatic carbocycles. The van der Waals surface area contributed by atoms with Crippen molar-refractivity contribution in [1.29, 1.82) is 0 Å². The first kappa shape index (κ1) is 18.6. The van der Waals surface area contributed by atoms with Gasteiger partial charge in [0, 0.05) is 5.02 Å². The van der Waals surface area contributed by atoms with Gasteiger partial charge < -0.3 is 15.4 Å². The molecule has 0 aromatic heterocycles. The minimum absolute atomic E-state index is 0.0183. The Kier molecular flexibility index (Phi) is 5.87. The first-order chi connectivity index (χ1) is 11.8. The van der Waals surface area contributed by atoms with Crippen molar-refractivity contribution in [2.24, 2.45) is 0 Å². The van der Waals surface area contributed by atoms with Gasteiger partial charge in [-0.05, 0) is 36.4 Å². The Labute approximate surface area is 145 Å². The number of rotatable bonds is 5. The van der Waals surface area contributed by atoms with Gasteiger partial charge in [0.05, 0.1) is 11.4 Å². The number of para-hydroxylation sites is 2. The summed E-state index contributed by atoms with van der Waals surface area (Å²) < 4.78 is 42.2. The lowest BCUT2D eigenvalue weighted by atomic mass is 10.2. The molecule has 0 heterocycles. The molecule has 0 spiro atoms. The van der Waals surface area contributed by atoms with Crippen molar-refractivity contribution in [3.63, 3.8) is 0 Å². The third-order valence-electron chi connectivity index (χ3n) is 2.89. The number of hydrogen-bond acceptors (Lipinski definition) is 3. The number of benzene rings is 2. The topological polar surface area (TPSA) is 67.4 Å². The fourth-order valence-corrected chi connectivity index (χ4v) is 1.89. The summed E-state index contributed by atoms with van der Waals surface area (Å²) in [5.74, 6) is -2.34. The summed E-state index contributed by atoms with van der Waals surface area (Å²) >= 11 is 5.72. The summed E-state index contributed by atoms with van der Waals surface area (Å²) in [4.78, 5) is 22.9. The molecule has 132 valence electrons. The Balaban J connectivity index is 1.98. The molecule has 2 aromatic rings. The van der Waals surface area contributed by atoms with Gasteiger partial charge in [0.1, 0.15) is 5.75 Å². The quantitative estimate of drug-likeness (QED) is 0.837. The summed E-state index contributed by atoms with van der Waals surface area (Å²) in [7, 11) is 0. The van der Waals surface area contributed by atoms with Gasteiger partial charge in [-0.25, -0.2) is 0 Å². The van der Waals surface area contributed by atoms with Crippen molar-refractivity contribution in [2.45, 2.75) is 6.18 Å². The number of alkyl halides is 3. The molecule has 9 heteroatoms. The molecule has 0 radical (unpaired) electrons. The zero-order valence-electron chi connectivity index (χ0n) is 12.6. The van der Waals surface area contributed by atoms with E-state index in [1.54, 1.807) is 29.6 Å². The second kappa shape index (κ2) is 7.89. The van der Waals surface area contributed by atoms with E-state index < -0.39 is 18.0 Å². The second-order valence-electron chi connectivity index (χ2n) is 4.79. The van der Waals surface area contributed by atoms with Crippen LogP contribution in [0.4, 0.5) is 24.5 Å². The summed E-state index contributed by atoms with van der Waals surface area (Å²) in [5, 5.41) is 4.58. The lowest BCUT2D eigenvalue weighted by Gasteiger charge is -2.13. The predicted molar refractivity (Wildman–Crippen MR) is 86.7 cm³/mol. The molecule has 0 bridgehead atoms. The molecular weight excluding hydrogens is 361 g/mol. The van der Waals surface area contributed by atoms with Gasteiger partial charge in [0.25, 0.3) is 5.91 Å². The molecule has 0 aliphatic rings. The lowest BCUT2D eigenvalue weighted by Crippen LogP contribution is -2.30. The number of hydrogen-bond donors (Lipinski definition) is 2. The van der Waals surface area contributed by atoms with Crippen LogP contribution in [0.1, 0.15) is 0 Å². The van der Waals surface area contributed by atoms with E-state index in [1.165, 1.54) is 24.3 Å². The SMILES string of the molecule is O=C(COc1ccc(Cl)cc1)Nc1ccccc1NC(=O)C(F)(F)F. The molecular formula is C16H12ClF3N2O3. The van der Waals surface area contributed by atoms with Crippen molar-refractivity contribution in [1.82, 2.24) is 0 Å². The van der Waals surface area contributed by atoms with Crippen LogP contribution < -0.4 is 15.4 Å². The van der Waals surface area contributed by atoms with Crippen LogP contribution in [0, 0.1) is 0 Å². The minimum Gasteiger partial charge on any atom is -0.484 e. The molecule has 5 nitrogen and oxygen atoms in total. The highest BCUT2D eigenvalue weighted by Crippen LogP contribution is 2.24. The highest BCUT2D eigenvalue weighted by Gasteiger charge is 2.39. The summed E-state index contributed by atoms with van der Waals surface area (Å²) in [6, 6.07) is 11.8. The van der Waals surface area contributed by atoms with Crippen molar-refractivity contribution < 1.29 is 27.5 Å². The van der Waals surface area contributed by atoms with E-state index in [1.807, 2.05) is 0 Å². The van der Waals surface area contributed by atoms with E-state index in [9.17, 15) is 22.8 Å². The molecule has 0 unspecified atom stereocenters. The van der Waals surface area contributed by atoms with Crippen LogP contribution in [0.2, 0.25) is 5.02 Å². The Morgan fingerprint density at radius 2 is 1.52 bits per heavy atom. The second-order valence-corrected chi connectivity index (χ2v) is 5.22. The molecule has 0 saturated carbocycles. The fraction of sp³-hybridized carbons (Fsp3) is 0.125. The van der Waals surface area contributed by atoms with Gasteiger partial charge >= 0.3 is 12.1 Å². The van der Waals surface area contributed by atoms with Gasteiger partial charge in [0.15, 0.2) is 6.61 Å². The number of carbonyl (C=O) groups is 2. The Morgan fingerprint density at radius 1 is 0.960 bits per heavy atom. The van der Waals surface area contributed by atoms with Crippen LogP contribution in [-0.2, 0) is 9.59 Å². The average Bonchev–Trinajstić information content (AvgIpc) is 2.55. The van der Waals surface area contributed by atoms with Crippen LogP contribution in [0.5, 0.6) is 5.75 Å². The van der Waals surface area contributed by atoms with Crippen molar-refractivity contribution in [3.8, 4) is 5.75 Å². The van der Waals surface area contributed by atoms with Crippen LogP contribution in [0.15, 0.2) is 48.5 Å². The van der Waals surface area contributed by atoms with Crippen LogP contribution in [-0.4, -0.2) is 24.6 Å².